The summed E-state index contributed by atoms with van der Waals surface area (Å²) in [5.41, 5.74) is 4.49. The van der Waals surface area contributed by atoms with Crippen molar-refractivity contribution in [1.82, 2.24) is 9.97 Å². The quantitative estimate of drug-likeness (QED) is 0.678. The van der Waals surface area contributed by atoms with Crippen molar-refractivity contribution in [2.24, 2.45) is 0 Å². The van der Waals surface area contributed by atoms with E-state index in [2.05, 4.69) is 51.4 Å². The Bertz CT molecular complexity index is 1120. The fourth-order valence-electron chi connectivity index (χ4n) is 4.01. The zero-order valence-electron chi connectivity index (χ0n) is 17.3. The molecule has 0 aliphatic carbocycles. The first kappa shape index (κ1) is 19.9. The van der Waals surface area contributed by atoms with Crippen molar-refractivity contribution in [1.29, 1.82) is 0 Å². The molecule has 0 radical (unpaired) electrons. The molecule has 1 amide bonds. The molecule has 0 fully saturated rings. The number of hydrogen-bond acceptors (Lipinski definition) is 4. The topological polar surface area (TPSA) is 78.1 Å². The van der Waals surface area contributed by atoms with Gasteiger partial charge in [0.25, 0.3) is 5.56 Å². The molecule has 2 N–H and O–H groups in total. The summed E-state index contributed by atoms with van der Waals surface area (Å²) in [5.74, 6) is 0.461. The van der Waals surface area contributed by atoms with Gasteiger partial charge < -0.3 is 15.2 Å². The lowest BCUT2D eigenvalue weighted by molar-refractivity contribution is -0.116. The van der Waals surface area contributed by atoms with Gasteiger partial charge >= 0.3 is 0 Å². The molecular formula is C24H26N4O2. The third kappa shape index (κ3) is 4.43. The van der Waals surface area contributed by atoms with Crippen molar-refractivity contribution >= 4 is 17.3 Å². The van der Waals surface area contributed by atoms with E-state index in [0.29, 0.717) is 36.2 Å². The molecule has 1 atom stereocenters. The first-order valence-corrected chi connectivity index (χ1v) is 10.3. The first-order valence-electron chi connectivity index (χ1n) is 10.3. The number of aromatic amines is 1. The summed E-state index contributed by atoms with van der Waals surface area (Å²) in [6, 6.07) is 17.7. The summed E-state index contributed by atoms with van der Waals surface area (Å²) in [6.07, 6.45) is 2.59. The number of hydrogen-bond donors (Lipinski definition) is 2. The molecule has 154 valence electrons. The lowest BCUT2D eigenvalue weighted by atomic mass is 9.96. The maximum Gasteiger partial charge on any atom is 0.251 e. The number of H-pyrrole nitrogens is 1. The lowest BCUT2D eigenvalue weighted by Crippen LogP contribution is -2.39. The predicted octanol–water partition coefficient (Wildman–Crippen LogP) is 3.92. The average molecular weight is 402 g/mol. The van der Waals surface area contributed by atoms with Gasteiger partial charge in [-0.1, -0.05) is 30.3 Å². The van der Waals surface area contributed by atoms with Gasteiger partial charge in [-0.25, -0.2) is 4.98 Å². The SMILES string of the molecule is Cc1cc(=O)[nH]c(-c2cccc(NC(=O)CCN3c4ccccc4CC[C@H]3C)c2)n1. The second-order valence-electron chi connectivity index (χ2n) is 7.82. The summed E-state index contributed by atoms with van der Waals surface area (Å²) in [5, 5.41) is 2.97. The van der Waals surface area contributed by atoms with Gasteiger partial charge in [0.15, 0.2) is 0 Å². The summed E-state index contributed by atoms with van der Waals surface area (Å²) in [7, 11) is 0. The van der Waals surface area contributed by atoms with Crippen LogP contribution < -0.4 is 15.8 Å². The largest absolute Gasteiger partial charge is 0.368 e. The zero-order chi connectivity index (χ0) is 21.1. The Morgan fingerprint density at radius 2 is 2.03 bits per heavy atom. The van der Waals surface area contributed by atoms with Gasteiger partial charge in [-0.3, -0.25) is 9.59 Å². The highest BCUT2D eigenvalue weighted by atomic mass is 16.1. The molecule has 0 bridgehead atoms. The predicted molar refractivity (Wildman–Crippen MR) is 120 cm³/mol. The Hall–Kier alpha value is -3.41. The number of aromatic nitrogens is 2. The van der Waals surface area contributed by atoms with E-state index in [1.165, 1.54) is 17.3 Å². The summed E-state index contributed by atoms with van der Waals surface area (Å²) in [6.45, 7) is 4.67. The number of aryl methyl sites for hydroxylation is 2. The van der Waals surface area contributed by atoms with Crippen molar-refractivity contribution in [3.63, 3.8) is 0 Å². The van der Waals surface area contributed by atoms with Crippen molar-refractivity contribution in [2.45, 2.75) is 39.2 Å². The summed E-state index contributed by atoms with van der Waals surface area (Å²) in [4.78, 5) is 33.8. The maximum absolute atomic E-state index is 12.6. The molecule has 0 unspecified atom stereocenters. The van der Waals surface area contributed by atoms with Gasteiger partial charge in [0.05, 0.1) is 0 Å². The number of rotatable bonds is 5. The molecular weight excluding hydrogens is 376 g/mol. The Morgan fingerprint density at radius 3 is 2.87 bits per heavy atom. The number of para-hydroxylation sites is 1. The molecule has 2 aromatic carbocycles. The molecule has 0 spiro atoms. The van der Waals surface area contributed by atoms with Crippen LogP contribution in [0.3, 0.4) is 0 Å². The zero-order valence-corrected chi connectivity index (χ0v) is 17.3. The van der Waals surface area contributed by atoms with Crippen LogP contribution in [-0.4, -0.2) is 28.5 Å². The molecule has 30 heavy (non-hydrogen) atoms. The van der Waals surface area contributed by atoms with Gasteiger partial charge in [0.2, 0.25) is 5.91 Å². The molecule has 0 saturated heterocycles. The van der Waals surface area contributed by atoms with Gasteiger partial charge in [0, 0.05) is 47.7 Å². The number of carbonyl (C=O) groups is 1. The van der Waals surface area contributed by atoms with Crippen LogP contribution in [0, 0.1) is 6.92 Å². The normalized spacial score (nSPS) is 15.5. The molecule has 4 rings (SSSR count). The second-order valence-corrected chi connectivity index (χ2v) is 7.82. The van der Waals surface area contributed by atoms with E-state index in [9.17, 15) is 9.59 Å². The highest BCUT2D eigenvalue weighted by molar-refractivity contribution is 5.91. The van der Waals surface area contributed by atoms with E-state index >= 15 is 0 Å². The lowest BCUT2D eigenvalue weighted by Gasteiger charge is -2.37. The monoisotopic (exact) mass is 402 g/mol. The third-order valence-corrected chi connectivity index (χ3v) is 5.53. The highest BCUT2D eigenvalue weighted by Crippen LogP contribution is 2.30. The van der Waals surface area contributed by atoms with Crippen LogP contribution in [0.1, 0.15) is 31.0 Å². The van der Waals surface area contributed by atoms with Gasteiger partial charge in [0.1, 0.15) is 5.82 Å². The van der Waals surface area contributed by atoms with Crippen LogP contribution >= 0.6 is 0 Å². The van der Waals surface area contributed by atoms with Gasteiger partial charge in [-0.05, 0) is 50.5 Å². The van der Waals surface area contributed by atoms with Crippen LogP contribution in [0.4, 0.5) is 11.4 Å². The number of fused-ring (bicyclic) bond motifs is 1. The Labute approximate surface area is 176 Å². The number of anilines is 2. The molecule has 3 aromatic rings. The fourth-order valence-corrected chi connectivity index (χ4v) is 4.01. The van der Waals surface area contributed by atoms with Gasteiger partial charge in [-0.2, -0.15) is 0 Å². The van der Waals surface area contributed by atoms with Crippen molar-refractivity contribution in [2.75, 3.05) is 16.8 Å². The van der Waals surface area contributed by atoms with Crippen molar-refractivity contribution in [3.8, 4) is 11.4 Å². The van der Waals surface area contributed by atoms with Crippen LogP contribution in [0.25, 0.3) is 11.4 Å². The van der Waals surface area contributed by atoms with E-state index < -0.39 is 0 Å². The molecule has 0 saturated carbocycles. The Morgan fingerprint density at radius 1 is 1.20 bits per heavy atom. The minimum absolute atomic E-state index is 0.0342. The standard InChI is InChI=1S/C24H26N4O2/c1-16-14-23(30)27-24(25-16)19-7-5-8-20(15-19)26-22(29)12-13-28-17(2)10-11-18-6-3-4-9-21(18)28/h3-9,14-15,17H,10-13H2,1-2H3,(H,26,29)(H,25,27,30)/t17-/m1/s1. The Balaban J connectivity index is 1.43. The van der Waals surface area contributed by atoms with Crippen LogP contribution in [-0.2, 0) is 11.2 Å². The molecule has 2 heterocycles. The summed E-state index contributed by atoms with van der Waals surface area (Å²) >= 11 is 0. The average Bonchev–Trinajstić information content (AvgIpc) is 2.72. The van der Waals surface area contributed by atoms with Crippen LogP contribution in [0.2, 0.25) is 0 Å². The highest BCUT2D eigenvalue weighted by Gasteiger charge is 2.23. The minimum atomic E-state index is -0.192. The molecule has 6 heteroatoms. The fraction of sp³-hybridized carbons (Fsp3) is 0.292. The summed E-state index contributed by atoms with van der Waals surface area (Å²) < 4.78 is 0. The maximum atomic E-state index is 12.6. The molecule has 1 aromatic heterocycles. The van der Waals surface area contributed by atoms with Crippen LogP contribution in [0.5, 0.6) is 0 Å². The Kier molecular flexibility index (Phi) is 5.65. The number of amides is 1. The first-order chi connectivity index (χ1) is 14.5. The smallest absolute Gasteiger partial charge is 0.251 e. The van der Waals surface area contributed by atoms with E-state index in [4.69, 9.17) is 0 Å². The van der Waals surface area contributed by atoms with Gasteiger partial charge in [-0.15, -0.1) is 0 Å². The molecule has 1 aliphatic heterocycles. The number of carbonyl (C=O) groups excluding carboxylic acids is 1. The van der Waals surface area contributed by atoms with Crippen molar-refractivity contribution < 1.29 is 4.79 Å². The third-order valence-electron chi connectivity index (χ3n) is 5.53. The number of benzene rings is 2. The van der Waals surface area contributed by atoms with E-state index in [1.807, 2.05) is 24.3 Å². The van der Waals surface area contributed by atoms with Crippen molar-refractivity contribution in [3.05, 3.63) is 76.2 Å². The second kappa shape index (κ2) is 8.53. The molecule has 6 nitrogen and oxygen atoms in total. The van der Waals surface area contributed by atoms with Crippen LogP contribution in [0.15, 0.2) is 59.4 Å². The molecule has 1 aliphatic rings. The number of nitrogens with one attached hydrogen (secondary N) is 2. The van der Waals surface area contributed by atoms with E-state index in [-0.39, 0.29) is 11.5 Å². The minimum Gasteiger partial charge on any atom is -0.368 e. The van der Waals surface area contributed by atoms with E-state index in [1.54, 1.807) is 6.92 Å². The number of nitrogens with zero attached hydrogens (tertiary/aromatic N) is 2. The van der Waals surface area contributed by atoms with E-state index in [0.717, 1.165) is 18.4 Å².